The first-order valence-corrected chi connectivity index (χ1v) is 8.66. The Morgan fingerprint density at radius 2 is 1.81 bits per heavy atom. The van der Waals surface area contributed by atoms with E-state index >= 15 is 0 Å². The van der Waals surface area contributed by atoms with Crippen molar-refractivity contribution in [2.75, 3.05) is 13.2 Å². The van der Waals surface area contributed by atoms with Crippen molar-refractivity contribution in [2.45, 2.75) is 65.7 Å². The lowest BCUT2D eigenvalue weighted by Crippen LogP contribution is -2.46. The Balaban J connectivity index is 2.76. The van der Waals surface area contributed by atoms with Gasteiger partial charge in [-0.15, -0.1) is 0 Å². The second kappa shape index (κ2) is 9.40. The van der Waals surface area contributed by atoms with Gasteiger partial charge in [0.1, 0.15) is 17.7 Å². The van der Waals surface area contributed by atoms with Crippen LogP contribution in [0.4, 0.5) is 4.79 Å². The van der Waals surface area contributed by atoms with Crippen molar-refractivity contribution >= 4 is 23.7 Å². The Morgan fingerprint density at radius 3 is 2.35 bits per heavy atom. The summed E-state index contributed by atoms with van der Waals surface area (Å²) in [7, 11) is 0. The summed E-state index contributed by atoms with van der Waals surface area (Å²) < 4.78 is 15.1. The molecule has 0 saturated heterocycles. The average molecular weight is 372 g/mol. The third-order valence-electron chi connectivity index (χ3n) is 3.49. The molecule has 1 rings (SSSR count). The van der Waals surface area contributed by atoms with Gasteiger partial charge in [0.05, 0.1) is 13.2 Å². The van der Waals surface area contributed by atoms with E-state index in [0.717, 1.165) is 0 Å². The van der Waals surface area contributed by atoms with E-state index in [1.165, 1.54) is 0 Å². The molecule has 9 nitrogen and oxygen atoms in total. The monoisotopic (exact) mass is 372 g/mol. The molecule has 1 amide bonds. The van der Waals surface area contributed by atoms with Crippen LogP contribution in [-0.2, 0) is 28.6 Å². The fraction of sp³-hybridized carbons (Fsp3) is 0.765. The first kappa shape index (κ1) is 21.7. The number of carbonyl (C=O) groups is 3. The van der Waals surface area contributed by atoms with Crippen LogP contribution in [0.25, 0.3) is 0 Å². The van der Waals surface area contributed by atoms with E-state index in [1.54, 1.807) is 41.5 Å². The molecule has 1 aliphatic rings. The molecule has 0 radical (unpaired) electrons. The topological polar surface area (TPSA) is 113 Å². The number of nitrogens with zero attached hydrogens (tertiary/aromatic N) is 1. The molecule has 0 aromatic carbocycles. The Bertz CT molecular complexity index is 554. The van der Waals surface area contributed by atoms with E-state index in [2.05, 4.69) is 10.5 Å². The lowest BCUT2D eigenvalue weighted by Gasteiger charge is -2.24. The molecule has 148 valence electrons. The maximum Gasteiger partial charge on any atom is 0.408 e. The highest BCUT2D eigenvalue weighted by molar-refractivity contribution is 6.37. The summed E-state index contributed by atoms with van der Waals surface area (Å²) in [4.78, 5) is 41.3. The van der Waals surface area contributed by atoms with Crippen molar-refractivity contribution < 1.29 is 33.4 Å². The van der Waals surface area contributed by atoms with Gasteiger partial charge in [0, 0.05) is 12.3 Å². The third kappa shape index (κ3) is 6.53. The second-order valence-electron chi connectivity index (χ2n) is 6.82. The zero-order valence-electron chi connectivity index (χ0n) is 16.2. The quantitative estimate of drug-likeness (QED) is 0.535. The van der Waals surface area contributed by atoms with Gasteiger partial charge in [-0.25, -0.2) is 14.4 Å². The molecule has 0 spiro atoms. The number of hydrogen-bond acceptors (Lipinski definition) is 8. The summed E-state index contributed by atoms with van der Waals surface area (Å²) in [6, 6.07) is -0.992. The number of esters is 2. The van der Waals surface area contributed by atoms with Crippen molar-refractivity contribution in [1.29, 1.82) is 0 Å². The van der Waals surface area contributed by atoms with Crippen molar-refractivity contribution in [3.05, 3.63) is 0 Å². The molecule has 1 aliphatic heterocycles. The van der Waals surface area contributed by atoms with Crippen LogP contribution in [-0.4, -0.2) is 54.7 Å². The van der Waals surface area contributed by atoms with E-state index in [0.29, 0.717) is 0 Å². The van der Waals surface area contributed by atoms with Crippen LogP contribution >= 0.6 is 0 Å². The largest absolute Gasteiger partial charge is 0.464 e. The minimum atomic E-state index is -0.992. The fourth-order valence-corrected chi connectivity index (χ4v) is 2.29. The molecule has 0 aromatic rings. The first-order valence-electron chi connectivity index (χ1n) is 8.66. The van der Waals surface area contributed by atoms with Crippen LogP contribution in [0.5, 0.6) is 0 Å². The highest BCUT2D eigenvalue weighted by Crippen LogP contribution is 2.23. The van der Waals surface area contributed by atoms with Crippen molar-refractivity contribution in [2.24, 2.45) is 11.1 Å². The summed E-state index contributed by atoms with van der Waals surface area (Å²) in [6.07, 6.45) is -1.25. The lowest BCUT2D eigenvalue weighted by molar-refractivity contribution is -0.146. The molecule has 3 atom stereocenters. The van der Waals surface area contributed by atoms with Crippen LogP contribution in [0.2, 0.25) is 0 Å². The lowest BCUT2D eigenvalue weighted by atomic mass is 9.94. The molecule has 0 saturated carbocycles. The minimum absolute atomic E-state index is 0.0750. The van der Waals surface area contributed by atoms with E-state index in [4.69, 9.17) is 19.0 Å². The summed E-state index contributed by atoms with van der Waals surface area (Å²) in [5.41, 5.74) is -0.558. The van der Waals surface area contributed by atoms with Gasteiger partial charge < -0.3 is 24.4 Å². The maximum absolute atomic E-state index is 12.2. The van der Waals surface area contributed by atoms with Crippen LogP contribution in [0, 0.1) is 5.92 Å². The molecular weight excluding hydrogens is 344 g/mol. The van der Waals surface area contributed by atoms with Gasteiger partial charge in [0.2, 0.25) is 0 Å². The predicted octanol–water partition coefficient (Wildman–Crippen LogP) is 1.79. The summed E-state index contributed by atoms with van der Waals surface area (Å²) in [5, 5.41) is 6.25. The van der Waals surface area contributed by atoms with Gasteiger partial charge >= 0.3 is 18.0 Å². The van der Waals surface area contributed by atoms with Gasteiger partial charge in [-0.3, -0.25) is 0 Å². The first-order chi connectivity index (χ1) is 12.1. The molecule has 0 bridgehead atoms. The fourth-order valence-electron chi connectivity index (χ4n) is 2.29. The SMILES string of the molecule is CCOC(=O)C1=NO[C@@H](C[C@H](NC(=O)OC(C)(C)C)C(=O)OCC)[C@H]1C. The highest BCUT2D eigenvalue weighted by Gasteiger charge is 2.39. The Morgan fingerprint density at radius 1 is 1.19 bits per heavy atom. The number of alkyl carbamates (subject to hydrolysis) is 1. The number of carbonyl (C=O) groups excluding carboxylic acids is 3. The molecule has 9 heteroatoms. The molecule has 26 heavy (non-hydrogen) atoms. The minimum Gasteiger partial charge on any atom is -0.464 e. The van der Waals surface area contributed by atoms with Crippen molar-refractivity contribution in [3.8, 4) is 0 Å². The molecule has 0 fully saturated rings. The zero-order chi connectivity index (χ0) is 19.9. The van der Waals surface area contributed by atoms with Crippen LogP contribution in [0.1, 0.15) is 48.0 Å². The van der Waals surface area contributed by atoms with Gasteiger partial charge in [-0.05, 0) is 34.6 Å². The molecular formula is C17H28N2O7. The standard InChI is InChI=1S/C17H28N2O7/c1-7-23-14(20)11(18-16(22)25-17(4,5)6)9-12-10(3)13(19-26-12)15(21)24-8-2/h10-12H,7-9H2,1-6H3,(H,18,22)/t10-,11+,12+/m1/s1. The summed E-state index contributed by atoms with van der Waals surface area (Å²) >= 11 is 0. The normalized spacial score (nSPS) is 20.5. The van der Waals surface area contributed by atoms with Crippen LogP contribution < -0.4 is 5.32 Å². The van der Waals surface area contributed by atoms with Gasteiger partial charge in [0.15, 0.2) is 5.71 Å². The van der Waals surface area contributed by atoms with E-state index in [1.807, 2.05) is 0 Å². The van der Waals surface area contributed by atoms with Crippen molar-refractivity contribution in [1.82, 2.24) is 5.32 Å². The molecule has 1 heterocycles. The van der Waals surface area contributed by atoms with Crippen LogP contribution in [0.3, 0.4) is 0 Å². The van der Waals surface area contributed by atoms with Gasteiger partial charge in [0.25, 0.3) is 0 Å². The smallest absolute Gasteiger partial charge is 0.408 e. The van der Waals surface area contributed by atoms with Gasteiger partial charge in [-0.2, -0.15) is 0 Å². The number of rotatable bonds is 7. The number of nitrogens with one attached hydrogen (secondary N) is 1. The van der Waals surface area contributed by atoms with Crippen molar-refractivity contribution in [3.63, 3.8) is 0 Å². The van der Waals surface area contributed by atoms with E-state index < -0.39 is 41.7 Å². The van der Waals surface area contributed by atoms with Gasteiger partial charge in [-0.1, -0.05) is 12.1 Å². The van der Waals surface area contributed by atoms with E-state index in [9.17, 15) is 14.4 Å². The number of amides is 1. The number of oxime groups is 1. The summed E-state index contributed by atoms with van der Waals surface area (Å²) in [5.74, 6) is -1.57. The molecule has 0 aromatic heterocycles. The maximum atomic E-state index is 12.2. The highest BCUT2D eigenvalue weighted by atomic mass is 16.6. The number of ether oxygens (including phenoxy) is 3. The number of hydrogen-bond donors (Lipinski definition) is 1. The average Bonchev–Trinajstić information content (AvgIpc) is 2.86. The van der Waals surface area contributed by atoms with E-state index in [-0.39, 0.29) is 25.3 Å². The van der Waals surface area contributed by atoms with Crippen LogP contribution in [0.15, 0.2) is 5.16 Å². The Hall–Kier alpha value is -2.32. The Labute approximate surface area is 153 Å². The second-order valence-corrected chi connectivity index (χ2v) is 6.82. The molecule has 1 N–H and O–H groups in total. The Kier molecular flexibility index (Phi) is 7.85. The predicted molar refractivity (Wildman–Crippen MR) is 92.5 cm³/mol. The third-order valence-corrected chi connectivity index (χ3v) is 3.49. The molecule has 0 aliphatic carbocycles. The summed E-state index contributed by atoms with van der Waals surface area (Å²) in [6.45, 7) is 10.6. The zero-order valence-corrected chi connectivity index (χ0v) is 16.2. The molecule has 0 unspecified atom stereocenters.